The third-order valence-corrected chi connectivity index (χ3v) is 4.69. The van der Waals surface area contributed by atoms with Crippen molar-refractivity contribution in [2.45, 2.75) is 115 Å². The Balaban J connectivity index is -0.000000344. The standard InChI is InChI=1S/C17H36.C2H6.2CH4/c1-7-14(5)11-16(9-3)13-17(10-4)12-15(6)8-2;1-2;;/h14-17H,7-13H2,1-6H3;1-2H3;2*1H4. The third kappa shape index (κ3) is 16.2. The highest BCUT2D eigenvalue weighted by molar-refractivity contribution is 4.69. The van der Waals surface area contributed by atoms with Crippen LogP contribution in [0, 0.1) is 23.7 Å². The Labute approximate surface area is 139 Å². The molecular weight excluding hydrogens is 252 g/mol. The highest BCUT2D eigenvalue weighted by atomic mass is 14.2. The SMILES string of the molecule is C.C.CC.CCC(C)CC(CC)CC(CC)CC(C)CC. The molecule has 0 bridgehead atoms. The zero-order valence-electron chi connectivity index (χ0n) is 15.3. The van der Waals surface area contributed by atoms with E-state index in [1.807, 2.05) is 13.8 Å². The van der Waals surface area contributed by atoms with Crippen LogP contribution in [-0.2, 0) is 0 Å². The first-order valence-electron chi connectivity index (χ1n) is 9.07. The lowest BCUT2D eigenvalue weighted by molar-refractivity contribution is 0.263. The molecule has 134 valence electrons. The van der Waals surface area contributed by atoms with Crippen molar-refractivity contribution in [2.24, 2.45) is 23.7 Å². The molecule has 0 aromatic carbocycles. The molecule has 0 fully saturated rings. The molecule has 0 heteroatoms. The molecule has 0 heterocycles. The summed E-state index contributed by atoms with van der Waals surface area (Å²) in [5, 5.41) is 0. The van der Waals surface area contributed by atoms with Crippen LogP contribution in [0.2, 0.25) is 0 Å². The van der Waals surface area contributed by atoms with Gasteiger partial charge in [-0.1, -0.05) is 95.9 Å². The van der Waals surface area contributed by atoms with Gasteiger partial charge in [-0.2, -0.15) is 0 Å². The smallest absolute Gasteiger partial charge is 0.0412 e. The van der Waals surface area contributed by atoms with Crippen molar-refractivity contribution >= 4 is 0 Å². The van der Waals surface area contributed by atoms with Crippen LogP contribution < -0.4 is 0 Å². The monoisotopic (exact) mass is 302 g/mol. The second-order valence-electron chi connectivity index (χ2n) is 6.28. The fourth-order valence-corrected chi connectivity index (χ4v) is 2.80. The summed E-state index contributed by atoms with van der Waals surface area (Å²) < 4.78 is 0. The first-order chi connectivity index (χ1) is 9.07. The van der Waals surface area contributed by atoms with E-state index in [9.17, 15) is 0 Å². The summed E-state index contributed by atoms with van der Waals surface area (Å²) in [4.78, 5) is 0. The fourth-order valence-electron chi connectivity index (χ4n) is 2.80. The molecular formula is C21H50. The van der Waals surface area contributed by atoms with E-state index in [-0.39, 0.29) is 14.9 Å². The van der Waals surface area contributed by atoms with Crippen LogP contribution >= 0.6 is 0 Å². The van der Waals surface area contributed by atoms with E-state index in [1.54, 1.807) is 0 Å². The fraction of sp³-hybridized carbons (Fsp3) is 1.00. The average Bonchev–Trinajstić information content (AvgIpc) is 2.46. The molecule has 0 amide bonds. The molecule has 4 atom stereocenters. The predicted molar refractivity (Wildman–Crippen MR) is 105 cm³/mol. The minimum atomic E-state index is 0. The van der Waals surface area contributed by atoms with Crippen molar-refractivity contribution in [2.75, 3.05) is 0 Å². The minimum Gasteiger partial charge on any atom is -0.0776 e. The van der Waals surface area contributed by atoms with Crippen LogP contribution in [0.25, 0.3) is 0 Å². The molecule has 0 aliphatic carbocycles. The minimum absolute atomic E-state index is 0. The number of hydrogen-bond acceptors (Lipinski definition) is 0. The summed E-state index contributed by atoms with van der Waals surface area (Å²) in [7, 11) is 0. The van der Waals surface area contributed by atoms with Crippen molar-refractivity contribution in [1.29, 1.82) is 0 Å². The molecule has 0 aliphatic rings. The maximum absolute atomic E-state index is 2.41. The van der Waals surface area contributed by atoms with Crippen molar-refractivity contribution in [3.63, 3.8) is 0 Å². The highest BCUT2D eigenvalue weighted by Gasteiger charge is 2.17. The topological polar surface area (TPSA) is 0 Å². The van der Waals surface area contributed by atoms with Crippen molar-refractivity contribution in [3.05, 3.63) is 0 Å². The maximum Gasteiger partial charge on any atom is -0.0412 e. The normalized spacial score (nSPS) is 15.4. The van der Waals surface area contributed by atoms with Gasteiger partial charge in [0.25, 0.3) is 0 Å². The molecule has 0 aromatic heterocycles. The predicted octanol–water partition coefficient (Wildman–Crippen LogP) is 8.60. The molecule has 0 radical (unpaired) electrons. The van der Waals surface area contributed by atoms with E-state index in [0.29, 0.717) is 0 Å². The lowest BCUT2D eigenvalue weighted by atomic mass is 9.80. The van der Waals surface area contributed by atoms with Gasteiger partial charge in [0.15, 0.2) is 0 Å². The molecule has 0 spiro atoms. The van der Waals surface area contributed by atoms with E-state index in [2.05, 4.69) is 41.5 Å². The Bertz CT molecular complexity index is 143. The van der Waals surface area contributed by atoms with Crippen molar-refractivity contribution < 1.29 is 0 Å². The lowest BCUT2D eigenvalue weighted by Crippen LogP contribution is -2.13. The Hall–Kier alpha value is 0. The first-order valence-corrected chi connectivity index (χ1v) is 9.07. The van der Waals surface area contributed by atoms with Gasteiger partial charge in [0, 0.05) is 0 Å². The van der Waals surface area contributed by atoms with E-state index in [4.69, 9.17) is 0 Å². The molecule has 0 aromatic rings. The summed E-state index contributed by atoms with van der Waals surface area (Å²) in [6.07, 6.45) is 9.82. The summed E-state index contributed by atoms with van der Waals surface area (Å²) >= 11 is 0. The van der Waals surface area contributed by atoms with Gasteiger partial charge in [0.05, 0.1) is 0 Å². The van der Waals surface area contributed by atoms with Gasteiger partial charge in [-0.3, -0.25) is 0 Å². The number of hydrogen-bond donors (Lipinski definition) is 0. The Morgan fingerprint density at radius 3 is 1.00 bits per heavy atom. The van der Waals surface area contributed by atoms with Crippen molar-refractivity contribution in [1.82, 2.24) is 0 Å². The van der Waals surface area contributed by atoms with E-state index in [0.717, 1.165) is 23.7 Å². The molecule has 21 heavy (non-hydrogen) atoms. The second kappa shape index (κ2) is 20.0. The van der Waals surface area contributed by atoms with Crippen LogP contribution in [0.1, 0.15) is 115 Å². The largest absolute Gasteiger partial charge is 0.0776 e. The van der Waals surface area contributed by atoms with Crippen LogP contribution in [0.3, 0.4) is 0 Å². The van der Waals surface area contributed by atoms with Gasteiger partial charge in [-0.15, -0.1) is 0 Å². The summed E-state index contributed by atoms with van der Waals surface area (Å²) in [6, 6.07) is 0. The molecule has 0 nitrogen and oxygen atoms in total. The van der Waals surface area contributed by atoms with E-state index >= 15 is 0 Å². The van der Waals surface area contributed by atoms with Crippen LogP contribution in [-0.4, -0.2) is 0 Å². The Kier molecular flexibility index (Phi) is 27.7. The summed E-state index contributed by atoms with van der Waals surface area (Å²) in [5.41, 5.74) is 0. The highest BCUT2D eigenvalue weighted by Crippen LogP contribution is 2.30. The summed E-state index contributed by atoms with van der Waals surface area (Å²) in [6.45, 7) is 18.2. The average molecular weight is 303 g/mol. The molecule has 0 saturated heterocycles. The quantitative estimate of drug-likeness (QED) is 0.379. The number of rotatable bonds is 10. The van der Waals surface area contributed by atoms with E-state index in [1.165, 1.54) is 44.9 Å². The molecule has 0 N–H and O–H groups in total. The third-order valence-electron chi connectivity index (χ3n) is 4.69. The van der Waals surface area contributed by atoms with Gasteiger partial charge >= 0.3 is 0 Å². The lowest BCUT2D eigenvalue weighted by Gasteiger charge is -2.25. The van der Waals surface area contributed by atoms with Crippen LogP contribution in [0.4, 0.5) is 0 Å². The summed E-state index contributed by atoms with van der Waals surface area (Å²) in [5.74, 6) is 3.78. The molecule has 0 saturated carbocycles. The van der Waals surface area contributed by atoms with E-state index < -0.39 is 0 Å². The zero-order valence-corrected chi connectivity index (χ0v) is 15.3. The van der Waals surface area contributed by atoms with Gasteiger partial charge in [0.2, 0.25) is 0 Å². The zero-order chi connectivity index (χ0) is 15.3. The molecule has 4 unspecified atom stereocenters. The van der Waals surface area contributed by atoms with Crippen LogP contribution in [0.15, 0.2) is 0 Å². The van der Waals surface area contributed by atoms with Gasteiger partial charge in [-0.25, -0.2) is 0 Å². The van der Waals surface area contributed by atoms with Gasteiger partial charge in [0.1, 0.15) is 0 Å². The second-order valence-corrected chi connectivity index (χ2v) is 6.28. The van der Waals surface area contributed by atoms with Crippen molar-refractivity contribution in [3.8, 4) is 0 Å². The molecule has 0 rings (SSSR count). The maximum atomic E-state index is 2.41. The molecule has 0 aliphatic heterocycles. The Morgan fingerprint density at radius 1 is 0.524 bits per heavy atom. The van der Waals surface area contributed by atoms with Gasteiger partial charge in [-0.05, 0) is 42.9 Å². The van der Waals surface area contributed by atoms with Crippen LogP contribution in [0.5, 0.6) is 0 Å². The first kappa shape index (κ1) is 29.1. The Morgan fingerprint density at radius 2 is 0.810 bits per heavy atom. The van der Waals surface area contributed by atoms with Gasteiger partial charge < -0.3 is 0 Å².